The Kier molecular flexibility index (Phi) is 5.33. The molecule has 158 valence electrons. The number of halogens is 2. The van der Waals surface area contributed by atoms with E-state index in [9.17, 15) is 27.4 Å². The summed E-state index contributed by atoms with van der Waals surface area (Å²) in [6.07, 6.45) is 0. The van der Waals surface area contributed by atoms with Crippen LogP contribution in [0.1, 0.15) is 24.2 Å². The highest BCUT2D eigenvalue weighted by atomic mass is 32.2. The monoisotopic (exact) mass is 437 g/mol. The van der Waals surface area contributed by atoms with Crippen molar-refractivity contribution < 1.29 is 32.5 Å². The lowest BCUT2D eigenvalue weighted by molar-refractivity contribution is -0.123. The second-order valence-corrected chi connectivity index (χ2v) is 8.24. The number of aromatic carboxylic acids is 1. The fourth-order valence-electron chi connectivity index (χ4n) is 2.79. The molecule has 1 aliphatic heterocycles. The SMILES string of the molecule is CN1C(=O)N(c2ccc(S(=O)Nc3cc(F)c(C(=O)O)cc3F)cc2)C(=O)C1(C)C. The number of carbonyl (C=O) groups excluding carboxylic acids is 2. The van der Waals surface area contributed by atoms with Crippen LogP contribution in [0.5, 0.6) is 0 Å². The second kappa shape index (κ2) is 7.48. The second-order valence-electron chi connectivity index (χ2n) is 7.02. The number of carboxylic acids is 1. The third-order valence-corrected chi connectivity index (χ3v) is 5.95. The van der Waals surface area contributed by atoms with Gasteiger partial charge in [0, 0.05) is 13.1 Å². The van der Waals surface area contributed by atoms with Gasteiger partial charge in [-0.15, -0.1) is 0 Å². The molecule has 1 unspecified atom stereocenters. The third kappa shape index (κ3) is 3.52. The Labute approximate surface area is 172 Å². The van der Waals surface area contributed by atoms with Gasteiger partial charge in [-0.1, -0.05) is 0 Å². The standard InChI is InChI=1S/C19H17F2N3O5S/c1-19(2)17(27)24(18(28)23(19)3)10-4-6-11(7-5-10)30(29)22-15-9-13(20)12(16(25)26)8-14(15)21/h4-9,22H,1-3H3,(H,25,26). The number of anilines is 2. The number of hydrogen-bond donors (Lipinski definition) is 2. The summed E-state index contributed by atoms with van der Waals surface area (Å²) >= 11 is 0. The van der Waals surface area contributed by atoms with Crippen LogP contribution in [0.25, 0.3) is 0 Å². The molecule has 0 radical (unpaired) electrons. The molecule has 2 N–H and O–H groups in total. The normalized spacial score (nSPS) is 16.7. The molecule has 3 rings (SSSR count). The number of nitrogens with one attached hydrogen (secondary N) is 1. The van der Waals surface area contributed by atoms with Crippen LogP contribution in [0.2, 0.25) is 0 Å². The highest BCUT2D eigenvalue weighted by Crippen LogP contribution is 2.31. The van der Waals surface area contributed by atoms with Gasteiger partial charge in [-0.2, -0.15) is 0 Å². The van der Waals surface area contributed by atoms with Gasteiger partial charge in [-0.05, 0) is 44.2 Å². The molecule has 2 aromatic rings. The molecule has 1 aliphatic rings. The van der Waals surface area contributed by atoms with Crippen LogP contribution in [0.4, 0.5) is 25.0 Å². The van der Waals surface area contributed by atoms with Crippen LogP contribution in [0, 0.1) is 11.6 Å². The predicted molar refractivity (Wildman–Crippen MR) is 105 cm³/mol. The van der Waals surface area contributed by atoms with Crippen molar-refractivity contribution in [2.24, 2.45) is 0 Å². The number of likely N-dealkylation sites (N-methyl/N-ethyl adjacent to an activating group) is 1. The highest BCUT2D eigenvalue weighted by molar-refractivity contribution is 7.86. The topological polar surface area (TPSA) is 107 Å². The first-order valence-electron chi connectivity index (χ1n) is 8.58. The molecule has 0 saturated carbocycles. The summed E-state index contributed by atoms with van der Waals surface area (Å²) in [5, 5.41) is 8.80. The minimum atomic E-state index is -2.02. The van der Waals surface area contributed by atoms with Crippen LogP contribution in [0.15, 0.2) is 41.3 Å². The van der Waals surface area contributed by atoms with E-state index in [4.69, 9.17) is 5.11 Å². The summed E-state index contributed by atoms with van der Waals surface area (Å²) in [7, 11) is -0.512. The molecule has 8 nitrogen and oxygen atoms in total. The van der Waals surface area contributed by atoms with E-state index in [1.165, 1.54) is 36.2 Å². The summed E-state index contributed by atoms with van der Waals surface area (Å²) in [4.78, 5) is 38.2. The molecular weight excluding hydrogens is 420 g/mol. The van der Waals surface area contributed by atoms with Crippen LogP contribution >= 0.6 is 0 Å². The molecule has 1 fully saturated rings. The first kappa shape index (κ1) is 21.4. The van der Waals surface area contributed by atoms with E-state index in [1.54, 1.807) is 13.8 Å². The maximum Gasteiger partial charge on any atom is 0.338 e. The van der Waals surface area contributed by atoms with Crippen molar-refractivity contribution in [1.29, 1.82) is 0 Å². The highest BCUT2D eigenvalue weighted by Gasteiger charge is 2.49. The zero-order chi connectivity index (χ0) is 22.4. The molecule has 0 aromatic heterocycles. The molecule has 1 saturated heterocycles. The maximum absolute atomic E-state index is 14.0. The summed E-state index contributed by atoms with van der Waals surface area (Å²) < 4.78 is 42.5. The molecule has 0 aliphatic carbocycles. The first-order chi connectivity index (χ1) is 13.9. The molecule has 0 spiro atoms. The predicted octanol–water partition coefficient (Wildman–Crippen LogP) is 2.97. The van der Waals surface area contributed by atoms with E-state index in [0.717, 1.165) is 4.90 Å². The van der Waals surface area contributed by atoms with E-state index in [-0.39, 0.29) is 10.6 Å². The zero-order valence-electron chi connectivity index (χ0n) is 16.1. The summed E-state index contributed by atoms with van der Waals surface area (Å²) in [5.74, 6) is -4.32. The largest absolute Gasteiger partial charge is 0.478 e. The lowest BCUT2D eigenvalue weighted by atomic mass is 10.1. The molecule has 1 atom stereocenters. The van der Waals surface area contributed by atoms with Crippen LogP contribution in [0.3, 0.4) is 0 Å². The summed E-state index contributed by atoms with van der Waals surface area (Å²) in [5.41, 5.74) is -2.07. The summed E-state index contributed by atoms with van der Waals surface area (Å²) in [6.45, 7) is 3.23. The molecule has 11 heteroatoms. The van der Waals surface area contributed by atoms with Gasteiger partial charge in [-0.25, -0.2) is 27.5 Å². The molecular formula is C19H17F2N3O5S. The zero-order valence-corrected chi connectivity index (χ0v) is 16.9. The van der Waals surface area contributed by atoms with Crippen LogP contribution in [-0.4, -0.2) is 44.7 Å². The van der Waals surface area contributed by atoms with Gasteiger partial charge in [0.05, 0.1) is 21.8 Å². The van der Waals surface area contributed by atoms with Gasteiger partial charge < -0.3 is 10.0 Å². The van der Waals surface area contributed by atoms with Crippen molar-refractivity contribution in [3.8, 4) is 0 Å². The number of hydrogen-bond acceptors (Lipinski definition) is 4. The number of urea groups is 1. The number of nitrogens with zero attached hydrogens (tertiary/aromatic N) is 2. The van der Waals surface area contributed by atoms with E-state index in [0.29, 0.717) is 12.1 Å². The maximum atomic E-state index is 14.0. The fraction of sp³-hybridized carbons (Fsp3) is 0.211. The third-order valence-electron chi connectivity index (χ3n) is 4.84. The number of carbonyl (C=O) groups is 3. The number of carboxylic acid groups (broad SMARTS) is 1. The summed E-state index contributed by atoms with van der Waals surface area (Å²) in [6, 6.07) is 6.13. The van der Waals surface area contributed by atoms with Crippen molar-refractivity contribution in [1.82, 2.24) is 4.90 Å². The Morgan fingerprint density at radius 2 is 1.70 bits per heavy atom. The lowest BCUT2D eigenvalue weighted by Gasteiger charge is -2.22. The van der Waals surface area contributed by atoms with Crippen molar-refractivity contribution in [3.63, 3.8) is 0 Å². The van der Waals surface area contributed by atoms with Crippen molar-refractivity contribution >= 4 is 40.3 Å². The molecule has 3 amide bonds. The molecule has 0 bridgehead atoms. The number of rotatable bonds is 5. The van der Waals surface area contributed by atoms with E-state index in [2.05, 4.69) is 4.72 Å². The van der Waals surface area contributed by atoms with Gasteiger partial charge in [0.25, 0.3) is 5.91 Å². The first-order valence-corrected chi connectivity index (χ1v) is 9.73. The average molecular weight is 437 g/mol. The number of imide groups is 1. The molecule has 30 heavy (non-hydrogen) atoms. The van der Waals surface area contributed by atoms with Crippen LogP contribution in [-0.2, 0) is 15.8 Å². The minimum Gasteiger partial charge on any atom is -0.478 e. The van der Waals surface area contributed by atoms with Gasteiger partial charge >= 0.3 is 12.0 Å². The van der Waals surface area contributed by atoms with E-state index < -0.39 is 57.3 Å². The Morgan fingerprint density at radius 3 is 2.20 bits per heavy atom. The minimum absolute atomic E-state index is 0.160. The Balaban J connectivity index is 1.82. The Morgan fingerprint density at radius 1 is 1.10 bits per heavy atom. The Bertz CT molecular complexity index is 1090. The Hall–Kier alpha value is -3.34. The molecule has 2 aromatic carbocycles. The molecule has 1 heterocycles. The quantitative estimate of drug-likeness (QED) is 0.700. The number of amides is 3. The smallest absolute Gasteiger partial charge is 0.338 e. The van der Waals surface area contributed by atoms with Gasteiger partial charge in [0.2, 0.25) is 0 Å². The van der Waals surface area contributed by atoms with E-state index in [1.807, 2.05) is 0 Å². The average Bonchev–Trinajstić information content (AvgIpc) is 2.84. The van der Waals surface area contributed by atoms with Crippen LogP contribution < -0.4 is 9.62 Å². The van der Waals surface area contributed by atoms with Crippen molar-refractivity contribution in [2.45, 2.75) is 24.3 Å². The van der Waals surface area contributed by atoms with Gasteiger partial charge in [-0.3, -0.25) is 9.52 Å². The van der Waals surface area contributed by atoms with Crippen molar-refractivity contribution in [2.75, 3.05) is 16.7 Å². The van der Waals surface area contributed by atoms with Crippen molar-refractivity contribution in [3.05, 3.63) is 53.6 Å². The lowest BCUT2D eigenvalue weighted by Crippen LogP contribution is -2.41. The van der Waals surface area contributed by atoms with Gasteiger partial charge in [0.1, 0.15) is 28.2 Å². The van der Waals surface area contributed by atoms with E-state index >= 15 is 0 Å². The van der Waals surface area contributed by atoms with Gasteiger partial charge in [0.15, 0.2) is 0 Å². The number of benzene rings is 2. The fourth-order valence-corrected chi connectivity index (χ4v) is 3.64.